The van der Waals surface area contributed by atoms with Gasteiger partial charge in [0.25, 0.3) is 0 Å². The van der Waals surface area contributed by atoms with E-state index in [0.29, 0.717) is 17.8 Å². The monoisotopic (exact) mass is 182 g/mol. The van der Waals surface area contributed by atoms with Crippen LogP contribution in [0.2, 0.25) is 0 Å². The highest BCUT2D eigenvalue weighted by atomic mass is 16.5. The van der Waals surface area contributed by atoms with Gasteiger partial charge < -0.3 is 9.64 Å². The summed E-state index contributed by atoms with van der Waals surface area (Å²) >= 11 is 0. The number of hydrogen-bond acceptors (Lipinski definition) is 2. The zero-order valence-electron chi connectivity index (χ0n) is 8.12. The van der Waals surface area contributed by atoms with Crippen LogP contribution in [0.25, 0.3) is 0 Å². The van der Waals surface area contributed by atoms with Gasteiger partial charge in [-0.2, -0.15) is 0 Å². The van der Waals surface area contributed by atoms with Crippen LogP contribution < -0.4 is 4.90 Å². The van der Waals surface area contributed by atoms with Gasteiger partial charge in [-0.1, -0.05) is 6.08 Å². The highest BCUT2D eigenvalue weighted by Gasteiger charge is 2.65. The van der Waals surface area contributed by atoms with Crippen LogP contribution in [-0.2, 0) is 9.53 Å². The van der Waals surface area contributed by atoms with E-state index in [1.165, 1.54) is 12.0 Å². The summed E-state index contributed by atoms with van der Waals surface area (Å²) in [4.78, 5) is 12.7. The first-order valence-corrected chi connectivity index (χ1v) is 4.73. The molecular formula is C10H16NO2+. The summed E-state index contributed by atoms with van der Waals surface area (Å²) in [5.74, 6) is 1.69. The number of likely N-dealkylation sites (N-methyl/N-ethyl adjacent to an activating group) is 1. The minimum atomic E-state index is -0.0608. The maximum atomic E-state index is 11.4. The summed E-state index contributed by atoms with van der Waals surface area (Å²) in [6.07, 6.45) is 1.98. The molecule has 1 saturated heterocycles. The van der Waals surface area contributed by atoms with Gasteiger partial charge in [0.1, 0.15) is 0 Å². The molecule has 2 fully saturated rings. The number of methoxy groups -OCH3 is 1. The van der Waals surface area contributed by atoms with Gasteiger partial charge in [0, 0.05) is 11.8 Å². The van der Waals surface area contributed by atoms with Crippen molar-refractivity contribution in [3.8, 4) is 0 Å². The number of ether oxygens (including phenoxy) is 1. The molecule has 72 valence electrons. The molecule has 0 radical (unpaired) electrons. The Morgan fingerprint density at radius 1 is 1.69 bits per heavy atom. The SMILES string of the molecule is C=CC1C2C[NH+](C)C(C(=O)OC)C12. The highest BCUT2D eigenvalue weighted by Crippen LogP contribution is 2.50. The molecule has 13 heavy (non-hydrogen) atoms. The first-order valence-electron chi connectivity index (χ1n) is 4.73. The number of quaternary nitrogens is 1. The number of carbonyl (C=O) groups is 1. The summed E-state index contributed by atoms with van der Waals surface area (Å²) in [7, 11) is 3.53. The third-order valence-electron chi connectivity index (χ3n) is 3.49. The lowest BCUT2D eigenvalue weighted by atomic mass is 10.1. The predicted molar refractivity (Wildman–Crippen MR) is 48.2 cm³/mol. The van der Waals surface area contributed by atoms with Crippen LogP contribution in [0, 0.1) is 17.8 Å². The Morgan fingerprint density at radius 2 is 2.38 bits per heavy atom. The number of nitrogens with one attached hydrogen (secondary N) is 1. The van der Waals surface area contributed by atoms with Crippen molar-refractivity contribution in [3.05, 3.63) is 12.7 Å². The van der Waals surface area contributed by atoms with Gasteiger partial charge in [0.2, 0.25) is 0 Å². The Balaban J connectivity index is 2.09. The molecule has 2 rings (SSSR count). The van der Waals surface area contributed by atoms with E-state index < -0.39 is 0 Å². The molecule has 1 heterocycles. The lowest BCUT2D eigenvalue weighted by Crippen LogP contribution is -3.13. The van der Waals surface area contributed by atoms with Crippen molar-refractivity contribution in [2.24, 2.45) is 17.8 Å². The van der Waals surface area contributed by atoms with Crippen molar-refractivity contribution in [1.29, 1.82) is 0 Å². The molecule has 0 amide bonds. The second-order valence-electron chi connectivity index (χ2n) is 4.11. The predicted octanol–water partition coefficient (Wildman–Crippen LogP) is -0.895. The van der Waals surface area contributed by atoms with Crippen molar-refractivity contribution in [1.82, 2.24) is 0 Å². The minimum Gasteiger partial charge on any atom is -0.465 e. The topological polar surface area (TPSA) is 30.7 Å². The molecule has 0 aromatic carbocycles. The van der Waals surface area contributed by atoms with Crippen LogP contribution >= 0.6 is 0 Å². The van der Waals surface area contributed by atoms with E-state index in [-0.39, 0.29) is 12.0 Å². The average molecular weight is 182 g/mol. The highest BCUT2D eigenvalue weighted by molar-refractivity contribution is 5.75. The Morgan fingerprint density at radius 3 is 2.92 bits per heavy atom. The summed E-state index contributed by atoms with van der Waals surface area (Å²) in [5.41, 5.74) is 0. The molecule has 5 atom stereocenters. The van der Waals surface area contributed by atoms with Gasteiger partial charge in [-0.3, -0.25) is 0 Å². The van der Waals surface area contributed by atoms with E-state index in [2.05, 4.69) is 13.6 Å². The van der Waals surface area contributed by atoms with Crippen LogP contribution in [0.15, 0.2) is 12.7 Å². The lowest BCUT2D eigenvalue weighted by Gasteiger charge is -2.18. The zero-order valence-corrected chi connectivity index (χ0v) is 8.12. The molecular weight excluding hydrogens is 166 g/mol. The van der Waals surface area contributed by atoms with Crippen molar-refractivity contribution in [2.45, 2.75) is 6.04 Å². The fraction of sp³-hybridized carbons (Fsp3) is 0.700. The number of piperidine rings is 1. The van der Waals surface area contributed by atoms with E-state index in [0.717, 1.165) is 6.54 Å². The fourth-order valence-electron chi connectivity index (χ4n) is 2.81. The Kier molecular flexibility index (Phi) is 1.91. The minimum absolute atomic E-state index is 0.0537. The third-order valence-corrected chi connectivity index (χ3v) is 3.49. The second-order valence-corrected chi connectivity index (χ2v) is 4.11. The molecule has 2 aliphatic rings. The van der Waals surface area contributed by atoms with Crippen LogP contribution in [-0.4, -0.2) is 32.7 Å². The van der Waals surface area contributed by atoms with Crippen LogP contribution in [0.4, 0.5) is 0 Å². The second kappa shape index (κ2) is 2.84. The maximum absolute atomic E-state index is 11.4. The molecule has 0 bridgehead atoms. The molecule has 0 spiro atoms. The summed E-state index contributed by atoms with van der Waals surface area (Å²) in [6.45, 7) is 4.87. The van der Waals surface area contributed by atoms with E-state index in [9.17, 15) is 4.79 Å². The molecule has 3 nitrogen and oxygen atoms in total. The Labute approximate surface area is 78.4 Å². The molecule has 1 aliphatic heterocycles. The van der Waals surface area contributed by atoms with Crippen LogP contribution in [0.3, 0.4) is 0 Å². The standard InChI is InChI=1S/C10H15NO2/c1-4-6-7-5-11(2)9(8(6)7)10(12)13-3/h4,6-9H,1,5H2,2-3H3/p+1. The van der Waals surface area contributed by atoms with Gasteiger partial charge in [-0.05, 0) is 5.92 Å². The maximum Gasteiger partial charge on any atom is 0.364 e. The third kappa shape index (κ3) is 1.10. The smallest absolute Gasteiger partial charge is 0.364 e. The molecule has 1 aliphatic carbocycles. The van der Waals surface area contributed by atoms with E-state index >= 15 is 0 Å². The summed E-state index contributed by atoms with van der Waals surface area (Å²) < 4.78 is 4.80. The molecule has 5 unspecified atom stereocenters. The van der Waals surface area contributed by atoms with Crippen LogP contribution in [0.1, 0.15) is 0 Å². The number of hydrogen-bond donors (Lipinski definition) is 1. The number of allylic oxidation sites excluding steroid dienone is 1. The number of carbonyl (C=O) groups excluding carboxylic acids is 1. The van der Waals surface area contributed by atoms with E-state index in [4.69, 9.17) is 4.74 Å². The fourth-order valence-corrected chi connectivity index (χ4v) is 2.81. The van der Waals surface area contributed by atoms with E-state index in [1.807, 2.05) is 6.08 Å². The summed E-state index contributed by atoms with van der Waals surface area (Å²) in [5, 5.41) is 0. The number of esters is 1. The first kappa shape index (κ1) is 8.75. The number of rotatable bonds is 2. The molecule has 1 saturated carbocycles. The molecule has 1 N–H and O–H groups in total. The van der Waals surface area contributed by atoms with Crippen LogP contribution in [0.5, 0.6) is 0 Å². The van der Waals surface area contributed by atoms with Gasteiger partial charge in [-0.15, -0.1) is 6.58 Å². The van der Waals surface area contributed by atoms with E-state index in [1.54, 1.807) is 0 Å². The van der Waals surface area contributed by atoms with Gasteiger partial charge in [0.15, 0.2) is 6.04 Å². The van der Waals surface area contributed by atoms with Gasteiger partial charge in [0.05, 0.1) is 20.7 Å². The van der Waals surface area contributed by atoms with Gasteiger partial charge >= 0.3 is 5.97 Å². The van der Waals surface area contributed by atoms with Crippen molar-refractivity contribution < 1.29 is 14.4 Å². The van der Waals surface area contributed by atoms with Crippen molar-refractivity contribution >= 4 is 5.97 Å². The Bertz CT molecular complexity index is 251. The lowest BCUT2D eigenvalue weighted by molar-refractivity contribution is -0.889. The quantitative estimate of drug-likeness (QED) is 0.443. The van der Waals surface area contributed by atoms with Crippen molar-refractivity contribution in [2.75, 3.05) is 20.7 Å². The first-order chi connectivity index (χ1) is 6.20. The normalized spacial score (nSPS) is 46.8. The molecule has 3 heteroatoms. The Hall–Kier alpha value is -0.830. The number of likely N-dealkylation sites (tertiary alicyclic amines) is 1. The largest absolute Gasteiger partial charge is 0.465 e. The molecule has 0 aromatic rings. The average Bonchev–Trinajstić information content (AvgIpc) is 2.68. The number of fused-ring (bicyclic) bond motifs is 1. The molecule has 0 aromatic heterocycles. The zero-order chi connectivity index (χ0) is 9.59. The summed E-state index contributed by atoms with van der Waals surface area (Å²) in [6, 6.07) is 0.0537. The van der Waals surface area contributed by atoms with Crippen molar-refractivity contribution in [3.63, 3.8) is 0 Å². The van der Waals surface area contributed by atoms with Gasteiger partial charge in [-0.25, -0.2) is 4.79 Å².